The van der Waals surface area contributed by atoms with Crippen molar-refractivity contribution in [2.75, 3.05) is 13.2 Å². The van der Waals surface area contributed by atoms with Crippen molar-refractivity contribution >= 4 is 6.16 Å². The zero-order chi connectivity index (χ0) is 29.1. The summed E-state index contributed by atoms with van der Waals surface area (Å²) >= 11 is 0. The van der Waals surface area contributed by atoms with Crippen molar-refractivity contribution in [2.24, 2.45) is 0 Å². The first-order valence-corrected chi connectivity index (χ1v) is 12.7. The number of nitrogens with zero attached hydrogens (tertiary/aromatic N) is 2. The standard InChI is InChI=1S/C26H37FN2O10/c1-7-35-25(33)36-12-20-21(30)22(31)23(32)26(34,38-20)39-24-17(15(6)29(28-24)13(2)3)10-16-8-9-19(18(27)11-16)37-14(4)5/h8-9,11,13-14,20-23,30-32,34H,7,10,12H2,1-6H3/t20-,21-,22+,23-,26-/m1/s1. The molecule has 0 radical (unpaired) electrons. The molecular formula is C26H37FN2O10. The van der Waals surface area contributed by atoms with Crippen LogP contribution in [0.1, 0.15) is 57.5 Å². The quantitative estimate of drug-likeness (QED) is 0.250. The summed E-state index contributed by atoms with van der Waals surface area (Å²) in [6.07, 6.45) is -8.42. The molecule has 1 aliphatic rings. The van der Waals surface area contributed by atoms with Gasteiger partial charge in [0.1, 0.15) is 24.9 Å². The fraction of sp³-hybridized carbons (Fsp3) is 0.615. The maximum atomic E-state index is 14.7. The van der Waals surface area contributed by atoms with Gasteiger partial charge in [-0.25, -0.2) is 9.18 Å². The fourth-order valence-corrected chi connectivity index (χ4v) is 4.17. The molecule has 4 N–H and O–H groups in total. The fourth-order valence-electron chi connectivity index (χ4n) is 4.17. The Labute approximate surface area is 225 Å². The molecule has 1 aliphatic heterocycles. The molecule has 0 saturated carbocycles. The van der Waals surface area contributed by atoms with Gasteiger partial charge in [0, 0.05) is 23.7 Å². The second-order valence-corrected chi connectivity index (χ2v) is 9.82. The van der Waals surface area contributed by atoms with E-state index < -0.39 is 49.0 Å². The third-order valence-corrected chi connectivity index (χ3v) is 6.08. The Hall–Kier alpha value is -2.97. The Morgan fingerprint density at radius 3 is 2.46 bits per heavy atom. The first kappa shape index (κ1) is 30.6. The molecule has 218 valence electrons. The van der Waals surface area contributed by atoms with Crippen molar-refractivity contribution < 1.29 is 53.3 Å². The van der Waals surface area contributed by atoms with Crippen LogP contribution >= 0.6 is 0 Å². The van der Waals surface area contributed by atoms with Crippen molar-refractivity contribution in [2.45, 2.75) is 90.5 Å². The largest absolute Gasteiger partial charge is 0.508 e. The molecular weight excluding hydrogens is 519 g/mol. The van der Waals surface area contributed by atoms with Gasteiger partial charge in [-0.15, -0.1) is 5.10 Å². The molecule has 2 aromatic rings. The van der Waals surface area contributed by atoms with Crippen LogP contribution in [0.15, 0.2) is 18.2 Å². The summed E-state index contributed by atoms with van der Waals surface area (Å²) < 4.78 is 42.3. The average Bonchev–Trinajstić information content (AvgIpc) is 3.16. The normalized spacial score (nSPS) is 25.2. The Kier molecular flexibility index (Phi) is 9.78. The molecule has 2 heterocycles. The number of aromatic nitrogens is 2. The number of aliphatic hydroxyl groups excluding tert-OH is 3. The summed E-state index contributed by atoms with van der Waals surface area (Å²) in [4.78, 5) is 11.6. The number of rotatable bonds is 10. The lowest BCUT2D eigenvalue weighted by atomic mass is 9.97. The van der Waals surface area contributed by atoms with Crippen molar-refractivity contribution in [3.05, 3.63) is 40.8 Å². The summed E-state index contributed by atoms with van der Waals surface area (Å²) in [6.45, 7) is 10.1. The van der Waals surface area contributed by atoms with E-state index in [0.717, 1.165) is 0 Å². The molecule has 5 atom stereocenters. The average molecular weight is 557 g/mol. The molecule has 12 nitrogen and oxygen atoms in total. The number of halogens is 1. The molecule has 1 aromatic heterocycles. The number of carbonyl (C=O) groups is 1. The molecule has 13 heteroatoms. The summed E-state index contributed by atoms with van der Waals surface area (Å²) in [5.41, 5.74) is 1.64. The van der Waals surface area contributed by atoms with E-state index in [4.69, 9.17) is 18.9 Å². The summed E-state index contributed by atoms with van der Waals surface area (Å²) in [5, 5.41) is 46.8. The van der Waals surface area contributed by atoms with E-state index >= 15 is 0 Å². The lowest BCUT2D eigenvalue weighted by molar-refractivity contribution is -0.423. The monoisotopic (exact) mass is 556 g/mol. The van der Waals surface area contributed by atoms with Crippen LogP contribution in [0.25, 0.3) is 0 Å². The van der Waals surface area contributed by atoms with Crippen LogP contribution in [0.4, 0.5) is 9.18 Å². The van der Waals surface area contributed by atoms with Crippen molar-refractivity contribution in [3.8, 4) is 11.6 Å². The van der Waals surface area contributed by atoms with Gasteiger partial charge >= 0.3 is 12.1 Å². The van der Waals surface area contributed by atoms with E-state index in [0.29, 0.717) is 16.8 Å². The number of carbonyl (C=O) groups excluding carboxylic acids is 1. The number of ether oxygens (including phenoxy) is 5. The van der Waals surface area contributed by atoms with E-state index in [-0.39, 0.29) is 36.8 Å². The first-order valence-electron chi connectivity index (χ1n) is 12.7. The van der Waals surface area contributed by atoms with Crippen LogP contribution in [0.3, 0.4) is 0 Å². The van der Waals surface area contributed by atoms with Gasteiger partial charge in [-0.1, -0.05) is 6.07 Å². The molecule has 0 bridgehead atoms. The first-order chi connectivity index (χ1) is 18.3. The molecule has 1 fully saturated rings. The minimum Gasteiger partial charge on any atom is -0.488 e. The van der Waals surface area contributed by atoms with E-state index in [2.05, 4.69) is 9.84 Å². The lowest BCUT2D eigenvalue weighted by Crippen LogP contribution is -2.67. The van der Waals surface area contributed by atoms with Gasteiger partial charge in [-0.3, -0.25) is 4.68 Å². The predicted octanol–water partition coefficient (Wildman–Crippen LogP) is 1.97. The van der Waals surface area contributed by atoms with Gasteiger partial charge < -0.3 is 44.1 Å². The molecule has 39 heavy (non-hydrogen) atoms. The Morgan fingerprint density at radius 1 is 1.18 bits per heavy atom. The van der Waals surface area contributed by atoms with Crippen LogP contribution in [0.2, 0.25) is 0 Å². The maximum absolute atomic E-state index is 14.7. The Morgan fingerprint density at radius 2 is 1.87 bits per heavy atom. The van der Waals surface area contributed by atoms with Gasteiger partial charge in [-0.2, -0.15) is 0 Å². The molecule has 0 spiro atoms. The summed E-state index contributed by atoms with van der Waals surface area (Å²) in [7, 11) is 0. The Bertz CT molecular complexity index is 1140. The highest BCUT2D eigenvalue weighted by atomic mass is 19.1. The molecule has 3 rings (SSSR count). The highest BCUT2D eigenvalue weighted by Gasteiger charge is 2.56. The van der Waals surface area contributed by atoms with Gasteiger partial charge in [0.25, 0.3) is 0 Å². The van der Waals surface area contributed by atoms with E-state index in [1.807, 2.05) is 13.8 Å². The molecule has 0 unspecified atom stereocenters. The number of hydrogen-bond acceptors (Lipinski definition) is 11. The molecule has 1 saturated heterocycles. The smallest absolute Gasteiger partial charge is 0.488 e. The van der Waals surface area contributed by atoms with Crippen LogP contribution in [0.5, 0.6) is 11.6 Å². The zero-order valence-electron chi connectivity index (χ0n) is 22.8. The lowest BCUT2D eigenvalue weighted by Gasteiger charge is -2.44. The van der Waals surface area contributed by atoms with Crippen molar-refractivity contribution in [3.63, 3.8) is 0 Å². The second kappa shape index (κ2) is 12.5. The van der Waals surface area contributed by atoms with Crippen LogP contribution in [-0.2, 0) is 20.6 Å². The maximum Gasteiger partial charge on any atom is 0.508 e. The summed E-state index contributed by atoms with van der Waals surface area (Å²) in [5.74, 6) is -3.49. The van der Waals surface area contributed by atoms with Crippen molar-refractivity contribution in [1.29, 1.82) is 0 Å². The van der Waals surface area contributed by atoms with E-state index in [1.165, 1.54) is 12.1 Å². The highest BCUT2D eigenvalue weighted by Crippen LogP contribution is 2.35. The topological polar surface area (TPSA) is 162 Å². The number of aliphatic hydroxyl groups is 4. The van der Waals surface area contributed by atoms with Gasteiger partial charge in [0.15, 0.2) is 17.7 Å². The third kappa shape index (κ3) is 6.97. The number of benzene rings is 1. The van der Waals surface area contributed by atoms with Crippen LogP contribution < -0.4 is 9.47 Å². The molecule has 0 amide bonds. The van der Waals surface area contributed by atoms with Gasteiger partial charge in [-0.05, 0) is 59.2 Å². The molecule has 1 aromatic carbocycles. The van der Waals surface area contributed by atoms with Crippen LogP contribution in [-0.4, -0.2) is 86.1 Å². The SMILES string of the molecule is CCOC(=O)OC[C@H]1O[C@@](O)(Oc2nn(C(C)C)c(C)c2Cc2ccc(OC(C)C)c(F)c2)[C@H](O)[C@@H](O)[C@@H]1O. The third-order valence-electron chi connectivity index (χ3n) is 6.08. The zero-order valence-corrected chi connectivity index (χ0v) is 22.8. The van der Waals surface area contributed by atoms with E-state index in [9.17, 15) is 29.6 Å². The minimum atomic E-state index is -2.89. The Balaban J connectivity index is 1.91. The van der Waals surface area contributed by atoms with Crippen LogP contribution in [0, 0.1) is 12.7 Å². The van der Waals surface area contributed by atoms with Gasteiger partial charge in [0.2, 0.25) is 5.88 Å². The highest BCUT2D eigenvalue weighted by molar-refractivity contribution is 5.59. The minimum absolute atomic E-state index is 0.0410. The van der Waals surface area contributed by atoms with Gasteiger partial charge in [0.05, 0.1) is 12.7 Å². The summed E-state index contributed by atoms with van der Waals surface area (Å²) in [6, 6.07) is 4.38. The van der Waals surface area contributed by atoms with E-state index in [1.54, 1.807) is 38.4 Å². The number of hydrogen-bond donors (Lipinski definition) is 4. The molecule has 0 aliphatic carbocycles. The predicted molar refractivity (Wildman–Crippen MR) is 134 cm³/mol. The second-order valence-electron chi connectivity index (χ2n) is 9.82. The van der Waals surface area contributed by atoms with Crippen molar-refractivity contribution in [1.82, 2.24) is 9.78 Å².